The summed E-state index contributed by atoms with van der Waals surface area (Å²) in [5, 5.41) is 0. The number of carbonyl (C=O) groups is 1. The largest absolute Gasteiger partial charge is 0.511 e. The van der Waals surface area contributed by atoms with Crippen molar-refractivity contribution in [1.29, 1.82) is 0 Å². The average molecular weight is 320 g/mol. The maximum Gasteiger partial charge on any atom is 0.511 e. The first-order chi connectivity index (χ1) is 10.9. The first kappa shape index (κ1) is 17.6. The SMILES string of the molecule is CC(C)OC(=O)OCOc1c(C(C)C)cccc1C(C)C1CC1. The van der Waals surface area contributed by atoms with Gasteiger partial charge in [-0.3, -0.25) is 0 Å². The second kappa shape index (κ2) is 7.71. The van der Waals surface area contributed by atoms with E-state index in [1.54, 1.807) is 13.8 Å². The third kappa shape index (κ3) is 4.88. The van der Waals surface area contributed by atoms with Gasteiger partial charge in [-0.1, -0.05) is 39.0 Å². The van der Waals surface area contributed by atoms with E-state index in [2.05, 4.69) is 39.0 Å². The van der Waals surface area contributed by atoms with Crippen LogP contribution in [0.25, 0.3) is 0 Å². The van der Waals surface area contributed by atoms with Crippen LogP contribution in [0.5, 0.6) is 5.75 Å². The van der Waals surface area contributed by atoms with Crippen molar-refractivity contribution in [2.45, 2.75) is 65.4 Å². The summed E-state index contributed by atoms with van der Waals surface area (Å²) < 4.78 is 15.8. The van der Waals surface area contributed by atoms with Gasteiger partial charge in [-0.15, -0.1) is 0 Å². The van der Waals surface area contributed by atoms with Crippen molar-refractivity contribution < 1.29 is 19.0 Å². The predicted molar refractivity (Wildman–Crippen MR) is 89.9 cm³/mol. The van der Waals surface area contributed by atoms with E-state index in [0.717, 1.165) is 17.2 Å². The van der Waals surface area contributed by atoms with Crippen molar-refractivity contribution >= 4 is 6.16 Å². The molecule has 0 aliphatic heterocycles. The molecule has 0 saturated heterocycles. The highest BCUT2D eigenvalue weighted by Gasteiger charge is 2.31. The Labute approximate surface area is 139 Å². The Balaban J connectivity index is 2.09. The van der Waals surface area contributed by atoms with Crippen molar-refractivity contribution in [3.8, 4) is 5.75 Å². The second-order valence-corrected chi connectivity index (χ2v) is 6.87. The summed E-state index contributed by atoms with van der Waals surface area (Å²) in [5.41, 5.74) is 2.36. The van der Waals surface area contributed by atoms with E-state index >= 15 is 0 Å². The lowest BCUT2D eigenvalue weighted by molar-refractivity contribution is -0.00884. The van der Waals surface area contributed by atoms with Crippen LogP contribution in [0.1, 0.15) is 70.4 Å². The zero-order valence-corrected chi connectivity index (χ0v) is 14.8. The predicted octanol–water partition coefficient (Wildman–Crippen LogP) is 5.22. The average Bonchev–Trinajstić information content (AvgIpc) is 3.30. The minimum atomic E-state index is -0.696. The molecular weight excluding hydrogens is 292 g/mol. The number of carbonyl (C=O) groups excluding carboxylic acids is 1. The molecule has 4 nitrogen and oxygen atoms in total. The van der Waals surface area contributed by atoms with Crippen LogP contribution in [0, 0.1) is 5.92 Å². The Morgan fingerprint density at radius 1 is 1.13 bits per heavy atom. The fourth-order valence-electron chi connectivity index (χ4n) is 2.77. The van der Waals surface area contributed by atoms with Gasteiger partial charge >= 0.3 is 6.16 Å². The normalized spacial score (nSPS) is 15.6. The van der Waals surface area contributed by atoms with Crippen molar-refractivity contribution in [1.82, 2.24) is 0 Å². The van der Waals surface area contributed by atoms with Crippen LogP contribution in [0.2, 0.25) is 0 Å². The van der Waals surface area contributed by atoms with E-state index in [9.17, 15) is 4.79 Å². The van der Waals surface area contributed by atoms with Crippen LogP contribution in [0.15, 0.2) is 18.2 Å². The van der Waals surface area contributed by atoms with Crippen LogP contribution in [-0.2, 0) is 9.47 Å². The molecule has 1 aliphatic rings. The van der Waals surface area contributed by atoms with Gasteiger partial charge in [-0.05, 0) is 55.6 Å². The van der Waals surface area contributed by atoms with Crippen molar-refractivity contribution in [3.63, 3.8) is 0 Å². The lowest BCUT2D eigenvalue weighted by atomic mass is 9.90. The van der Waals surface area contributed by atoms with Gasteiger partial charge in [0, 0.05) is 0 Å². The van der Waals surface area contributed by atoms with E-state index in [0.29, 0.717) is 11.8 Å². The minimum absolute atomic E-state index is 0.125. The Kier molecular flexibility index (Phi) is 5.91. The van der Waals surface area contributed by atoms with Gasteiger partial charge in [0.05, 0.1) is 6.10 Å². The summed E-state index contributed by atoms with van der Waals surface area (Å²) >= 11 is 0. The molecule has 4 heteroatoms. The lowest BCUT2D eigenvalue weighted by Crippen LogP contribution is -2.17. The molecule has 1 unspecified atom stereocenters. The first-order valence-corrected chi connectivity index (χ1v) is 8.49. The van der Waals surface area contributed by atoms with Crippen molar-refractivity contribution in [3.05, 3.63) is 29.3 Å². The monoisotopic (exact) mass is 320 g/mol. The second-order valence-electron chi connectivity index (χ2n) is 6.87. The van der Waals surface area contributed by atoms with Gasteiger partial charge in [0.1, 0.15) is 5.75 Å². The number of ether oxygens (including phenoxy) is 3. The molecule has 0 amide bonds. The van der Waals surface area contributed by atoms with E-state index in [1.165, 1.54) is 18.4 Å². The summed E-state index contributed by atoms with van der Waals surface area (Å²) in [5.74, 6) is 2.41. The topological polar surface area (TPSA) is 44.8 Å². The Bertz CT molecular complexity index is 532. The molecule has 0 N–H and O–H groups in total. The van der Waals surface area contributed by atoms with Gasteiger partial charge < -0.3 is 14.2 Å². The van der Waals surface area contributed by atoms with E-state index in [1.807, 2.05) is 0 Å². The van der Waals surface area contributed by atoms with Crippen LogP contribution >= 0.6 is 0 Å². The van der Waals surface area contributed by atoms with E-state index in [-0.39, 0.29) is 12.9 Å². The first-order valence-electron chi connectivity index (χ1n) is 8.49. The molecule has 1 saturated carbocycles. The van der Waals surface area contributed by atoms with E-state index < -0.39 is 6.16 Å². The van der Waals surface area contributed by atoms with Crippen molar-refractivity contribution in [2.75, 3.05) is 6.79 Å². The van der Waals surface area contributed by atoms with Gasteiger partial charge in [-0.25, -0.2) is 4.79 Å². The molecule has 1 aliphatic carbocycles. The summed E-state index contributed by atoms with van der Waals surface area (Å²) in [6.07, 6.45) is 1.67. The maximum atomic E-state index is 11.5. The molecule has 1 atom stereocenters. The highest BCUT2D eigenvalue weighted by Crippen LogP contribution is 2.46. The summed E-state index contributed by atoms with van der Waals surface area (Å²) in [4.78, 5) is 11.5. The molecule has 0 aromatic heterocycles. The molecule has 23 heavy (non-hydrogen) atoms. The number of para-hydroxylation sites is 1. The van der Waals surface area contributed by atoms with Gasteiger partial charge in [0.2, 0.25) is 6.79 Å². The molecule has 0 spiro atoms. The number of hydrogen-bond acceptors (Lipinski definition) is 4. The van der Waals surface area contributed by atoms with Crippen LogP contribution < -0.4 is 4.74 Å². The molecule has 0 radical (unpaired) electrons. The third-order valence-electron chi connectivity index (χ3n) is 4.23. The molecule has 2 rings (SSSR count). The Hall–Kier alpha value is -1.71. The Morgan fingerprint density at radius 2 is 1.78 bits per heavy atom. The van der Waals surface area contributed by atoms with Gasteiger partial charge in [0.15, 0.2) is 0 Å². The third-order valence-corrected chi connectivity index (χ3v) is 4.23. The van der Waals surface area contributed by atoms with Crippen LogP contribution in [0.4, 0.5) is 4.79 Å². The van der Waals surface area contributed by atoms with Crippen LogP contribution in [0.3, 0.4) is 0 Å². The fourth-order valence-corrected chi connectivity index (χ4v) is 2.77. The van der Waals surface area contributed by atoms with Gasteiger partial charge in [0.25, 0.3) is 0 Å². The van der Waals surface area contributed by atoms with Crippen molar-refractivity contribution in [2.24, 2.45) is 5.92 Å². The standard InChI is InChI=1S/C19H28O4/c1-12(2)16-7-6-8-17(14(5)15-9-10-15)18(16)21-11-22-19(20)23-13(3)4/h6-8,12-15H,9-11H2,1-5H3. The quantitative estimate of drug-likeness (QED) is 0.510. The molecule has 0 heterocycles. The molecule has 128 valence electrons. The summed E-state index contributed by atoms with van der Waals surface area (Å²) in [6, 6.07) is 6.29. The fraction of sp³-hybridized carbons (Fsp3) is 0.632. The molecular formula is C19H28O4. The maximum absolute atomic E-state index is 11.5. The minimum Gasteiger partial charge on any atom is -0.457 e. The van der Waals surface area contributed by atoms with Gasteiger partial charge in [-0.2, -0.15) is 0 Å². The lowest BCUT2D eigenvalue weighted by Gasteiger charge is -2.21. The Morgan fingerprint density at radius 3 is 2.35 bits per heavy atom. The summed E-state index contributed by atoms with van der Waals surface area (Å²) in [7, 11) is 0. The molecule has 1 aromatic carbocycles. The smallest absolute Gasteiger partial charge is 0.457 e. The highest BCUT2D eigenvalue weighted by atomic mass is 16.8. The number of benzene rings is 1. The van der Waals surface area contributed by atoms with E-state index in [4.69, 9.17) is 14.2 Å². The number of hydrogen-bond donors (Lipinski definition) is 0. The zero-order valence-electron chi connectivity index (χ0n) is 14.8. The molecule has 1 fully saturated rings. The number of rotatable bonds is 7. The highest BCUT2D eigenvalue weighted by molar-refractivity contribution is 5.60. The summed E-state index contributed by atoms with van der Waals surface area (Å²) in [6.45, 7) is 9.97. The zero-order chi connectivity index (χ0) is 17.0. The van der Waals surface area contributed by atoms with Crippen LogP contribution in [-0.4, -0.2) is 19.1 Å². The molecule has 1 aromatic rings. The molecule has 0 bridgehead atoms.